The summed E-state index contributed by atoms with van der Waals surface area (Å²) in [7, 11) is 0. The Balaban J connectivity index is 2.35. The van der Waals surface area contributed by atoms with Crippen molar-refractivity contribution in [1.82, 2.24) is 41.9 Å². The Bertz CT molecular complexity index is 1670. The summed E-state index contributed by atoms with van der Waals surface area (Å²) >= 11 is 0. The first kappa shape index (κ1) is 45.6. The van der Waals surface area contributed by atoms with Crippen molar-refractivity contribution in [2.45, 2.75) is 94.5 Å². The molecule has 0 unspecified atom stereocenters. The van der Waals surface area contributed by atoms with Crippen LogP contribution in [0, 0.1) is 5.41 Å². The van der Waals surface area contributed by atoms with Gasteiger partial charge in [0.25, 0.3) is 0 Å². The maximum Gasteiger partial charge on any atom is 0.326 e. The molecule has 22 nitrogen and oxygen atoms in total. The summed E-state index contributed by atoms with van der Waals surface area (Å²) in [5.41, 5.74) is 12.0. The van der Waals surface area contributed by atoms with Crippen LogP contribution in [0.4, 0.5) is 0 Å². The number of amides is 5. The van der Waals surface area contributed by atoms with Gasteiger partial charge in [0, 0.05) is 38.4 Å². The van der Waals surface area contributed by atoms with Crippen LogP contribution in [0.3, 0.4) is 0 Å². The normalized spacial score (nSPS) is 14.0. The van der Waals surface area contributed by atoms with Crippen LogP contribution in [0.2, 0.25) is 0 Å². The Hall–Kier alpha value is -6.58. The van der Waals surface area contributed by atoms with Gasteiger partial charge in [-0.15, -0.1) is 0 Å². The number of carboxylic acids is 3. The SMILES string of the molecule is C[C@H](NC(=O)[C@@H](N)CCC(=O)O)C(=O)N[C@@H](Cc1ccccc1)C(=O)N[C@@H](Cc1c[nH]cn1)C(=O)N[C@@H](CCCNC(=N)N)C(=O)N[C@@H](CCC(=O)O)C(=O)O. The Morgan fingerprint density at radius 2 is 1.29 bits per heavy atom. The number of carbonyl (C=O) groups is 8. The second-order valence-electron chi connectivity index (χ2n) is 12.7. The minimum Gasteiger partial charge on any atom is -0.481 e. The van der Waals surface area contributed by atoms with E-state index in [4.69, 9.17) is 27.1 Å². The van der Waals surface area contributed by atoms with E-state index in [-0.39, 0.29) is 51.0 Å². The first-order valence-corrected chi connectivity index (χ1v) is 17.5. The summed E-state index contributed by atoms with van der Waals surface area (Å²) in [4.78, 5) is 108. The van der Waals surface area contributed by atoms with Gasteiger partial charge in [0.05, 0.1) is 18.1 Å². The first-order valence-electron chi connectivity index (χ1n) is 17.5. The molecule has 15 N–H and O–H groups in total. The number of H-pyrrole nitrogens is 1. The number of rotatable bonds is 25. The number of nitrogens with two attached hydrogens (primary N) is 2. The molecule has 0 saturated heterocycles. The molecule has 1 aromatic carbocycles. The van der Waals surface area contributed by atoms with Crippen molar-refractivity contribution in [3.8, 4) is 0 Å². The number of aromatic amines is 1. The van der Waals surface area contributed by atoms with Gasteiger partial charge in [-0.05, 0) is 38.2 Å². The smallest absolute Gasteiger partial charge is 0.326 e. The van der Waals surface area contributed by atoms with Gasteiger partial charge in [-0.25, -0.2) is 9.78 Å². The molecule has 0 radical (unpaired) electrons. The van der Waals surface area contributed by atoms with Crippen molar-refractivity contribution in [3.05, 3.63) is 54.1 Å². The number of carboxylic acid groups (broad SMARTS) is 3. The van der Waals surface area contributed by atoms with E-state index in [1.807, 2.05) is 0 Å². The lowest BCUT2D eigenvalue weighted by atomic mass is 10.0. The molecule has 6 atom stereocenters. The maximum atomic E-state index is 13.9. The second-order valence-corrected chi connectivity index (χ2v) is 12.7. The van der Waals surface area contributed by atoms with Gasteiger partial charge >= 0.3 is 17.9 Å². The van der Waals surface area contributed by atoms with Crippen LogP contribution >= 0.6 is 0 Å². The Morgan fingerprint density at radius 1 is 0.732 bits per heavy atom. The highest BCUT2D eigenvalue weighted by atomic mass is 16.4. The zero-order chi connectivity index (χ0) is 41.8. The maximum absolute atomic E-state index is 13.9. The molecule has 1 heterocycles. The standard InChI is InChI=1S/C34H49N11O11/c1-18(41-29(51)21(35)9-11-26(46)47)28(50)44-24(14-19-6-3-2-4-7-19)31(53)45-25(15-20-16-38-17-40-20)32(54)42-22(8-5-13-39-34(36)37)30(52)43-23(33(55)56)10-12-27(48)49/h2-4,6-7,16-18,21-25H,5,8-15,35H2,1H3,(H,38,40)(H,41,51)(H,42,54)(H,43,52)(H,44,50)(H,45,53)(H,46,47)(H,48,49)(H,55,56)(H4,36,37,39)/t18-,21-,22-,23-,24-,25-/m0/s1. The quantitative estimate of drug-likeness (QED) is 0.0272. The fraction of sp³-hybridized carbons (Fsp3) is 0.471. The summed E-state index contributed by atoms with van der Waals surface area (Å²) in [5, 5.41) is 49.7. The number of benzene rings is 1. The summed E-state index contributed by atoms with van der Waals surface area (Å²) < 4.78 is 0. The van der Waals surface area contributed by atoms with Crippen LogP contribution < -0.4 is 43.4 Å². The Morgan fingerprint density at radius 3 is 1.86 bits per heavy atom. The largest absolute Gasteiger partial charge is 0.481 e. The predicted octanol–water partition coefficient (Wildman–Crippen LogP) is -2.96. The minimum atomic E-state index is -1.61. The molecule has 0 aliphatic rings. The summed E-state index contributed by atoms with van der Waals surface area (Å²) in [6.07, 6.45) is 0.952. The van der Waals surface area contributed by atoms with Gasteiger partial charge < -0.3 is 63.7 Å². The average molecular weight is 788 g/mol. The zero-order valence-corrected chi connectivity index (χ0v) is 30.6. The molecule has 0 aliphatic heterocycles. The molecule has 0 aliphatic carbocycles. The lowest BCUT2D eigenvalue weighted by molar-refractivity contribution is -0.143. The van der Waals surface area contributed by atoms with Crippen molar-refractivity contribution in [2.24, 2.45) is 11.5 Å². The van der Waals surface area contributed by atoms with E-state index >= 15 is 0 Å². The number of guanidine groups is 1. The minimum absolute atomic E-state index is 0.0744. The van der Waals surface area contributed by atoms with Gasteiger partial charge in [-0.2, -0.15) is 0 Å². The summed E-state index contributed by atoms with van der Waals surface area (Å²) in [6, 6.07) is 0.299. The van der Waals surface area contributed by atoms with Gasteiger partial charge in [-0.3, -0.25) is 39.0 Å². The Kier molecular flexibility index (Phi) is 18.9. The van der Waals surface area contributed by atoms with E-state index in [1.54, 1.807) is 30.3 Å². The van der Waals surface area contributed by atoms with Crippen LogP contribution in [0.15, 0.2) is 42.9 Å². The number of nitrogens with one attached hydrogen (secondary N) is 8. The molecule has 2 rings (SSSR count). The zero-order valence-electron chi connectivity index (χ0n) is 30.6. The number of nitrogens with zero attached hydrogens (tertiary/aromatic N) is 1. The molecular weight excluding hydrogens is 738 g/mol. The molecule has 0 bridgehead atoms. The molecular formula is C34H49N11O11. The third-order valence-electron chi connectivity index (χ3n) is 8.15. The van der Waals surface area contributed by atoms with Crippen molar-refractivity contribution in [3.63, 3.8) is 0 Å². The number of carbonyl (C=O) groups excluding carboxylic acids is 5. The molecule has 1 aromatic heterocycles. The molecule has 0 fully saturated rings. The molecule has 22 heteroatoms. The molecule has 0 saturated carbocycles. The van der Waals surface area contributed by atoms with Crippen molar-refractivity contribution >= 4 is 53.4 Å². The number of hydrogen-bond acceptors (Lipinski definition) is 11. The fourth-order valence-electron chi connectivity index (χ4n) is 5.11. The van der Waals surface area contributed by atoms with Crippen LogP contribution in [0.1, 0.15) is 56.7 Å². The number of aliphatic carboxylic acids is 3. The van der Waals surface area contributed by atoms with Crippen LogP contribution in [-0.4, -0.2) is 121 Å². The van der Waals surface area contributed by atoms with Crippen molar-refractivity contribution in [1.29, 1.82) is 5.41 Å². The van der Waals surface area contributed by atoms with Crippen LogP contribution in [0.5, 0.6) is 0 Å². The van der Waals surface area contributed by atoms with Crippen LogP contribution in [0.25, 0.3) is 0 Å². The second kappa shape index (κ2) is 23.3. The third-order valence-corrected chi connectivity index (χ3v) is 8.15. The first-order chi connectivity index (χ1) is 26.5. The van der Waals surface area contributed by atoms with Crippen molar-refractivity contribution in [2.75, 3.05) is 6.54 Å². The number of aromatic nitrogens is 2. The van der Waals surface area contributed by atoms with E-state index in [2.05, 4.69) is 41.9 Å². The monoisotopic (exact) mass is 787 g/mol. The fourth-order valence-corrected chi connectivity index (χ4v) is 5.11. The van der Waals surface area contributed by atoms with E-state index < -0.39 is 96.5 Å². The summed E-state index contributed by atoms with van der Waals surface area (Å²) in [6.45, 7) is 1.42. The van der Waals surface area contributed by atoms with Gasteiger partial charge in [0.15, 0.2) is 5.96 Å². The lowest BCUT2D eigenvalue weighted by Crippen LogP contribution is -2.59. The Labute approximate surface area is 320 Å². The highest BCUT2D eigenvalue weighted by Gasteiger charge is 2.33. The van der Waals surface area contributed by atoms with Gasteiger partial charge in [-0.1, -0.05) is 30.3 Å². The molecule has 2 aromatic rings. The van der Waals surface area contributed by atoms with Crippen molar-refractivity contribution < 1.29 is 53.7 Å². The number of hydrogen-bond donors (Lipinski definition) is 13. The van der Waals surface area contributed by atoms with E-state index in [1.165, 1.54) is 19.4 Å². The highest BCUT2D eigenvalue weighted by molar-refractivity contribution is 5.96. The van der Waals surface area contributed by atoms with E-state index in [9.17, 15) is 43.5 Å². The highest BCUT2D eigenvalue weighted by Crippen LogP contribution is 2.09. The van der Waals surface area contributed by atoms with E-state index in [0.29, 0.717) is 11.3 Å². The average Bonchev–Trinajstić information content (AvgIpc) is 3.65. The number of imidazole rings is 1. The topological polar surface area (TPSA) is 374 Å². The van der Waals surface area contributed by atoms with Gasteiger partial charge in [0.1, 0.15) is 30.2 Å². The van der Waals surface area contributed by atoms with E-state index in [0.717, 1.165) is 0 Å². The summed E-state index contributed by atoms with van der Waals surface area (Å²) in [5.74, 6) is -8.62. The molecule has 0 spiro atoms. The van der Waals surface area contributed by atoms with Crippen LogP contribution in [-0.2, 0) is 51.2 Å². The lowest BCUT2D eigenvalue weighted by Gasteiger charge is -2.26. The third kappa shape index (κ3) is 17.0. The molecule has 56 heavy (non-hydrogen) atoms. The molecule has 306 valence electrons. The van der Waals surface area contributed by atoms with Gasteiger partial charge in [0.2, 0.25) is 29.5 Å². The molecule has 5 amide bonds. The predicted molar refractivity (Wildman–Crippen MR) is 196 cm³/mol.